The van der Waals surface area contributed by atoms with Crippen molar-refractivity contribution in [1.82, 2.24) is 4.90 Å². The second kappa shape index (κ2) is 4.93. The van der Waals surface area contributed by atoms with Gasteiger partial charge in [0, 0.05) is 34.6 Å². The highest BCUT2D eigenvalue weighted by Crippen LogP contribution is 2.45. The van der Waals surface area contributed by atoms with Crippen molar-refractivity contribution >= 4 is 28.5 Å². The van der Waals surface area contributed by atoms with Crippen molar-refractivity contribution < 1.29 is 9.53 Å². The van der Waals surface area contributed by atoms with Gasteiger partial charge < -0.3 is 9.64 Å². The molecule has 0 aliphatic carbocycles. The molecule has 3 aliphatic rings. The molecule has 18 heavy (non-hydrogen) atoms. The van der Waals surface area contributed by atoms with Gasteiger partial charge in [-0.2, -0.15) is 0 Å². The molecule has 0 saturated carbocycles. The number of rotatable bonds is 1. The summed E-state index contributed by atoms with van der Waals surface area (Å²) in [5, 5.41) is 0. The molecule has 3 rings (SSSR count). The Bertz CT molecular complexity index is 323. The van der Waals surface area contributed by atoms with Gasteiger partial charge in [-0.05, 0) is 38.5 Å². The van der Waals surface area contributed by atoms with Crippen molar-refractivity contribution in [3.63, 3.8) is 0 Å². The maximum Gasteiger partial charge on any atom is 0.226 e. The topological polar surface area (TPSA) is 29.5 Å². The van der Waals surface area contributed by atoms with Gasteiger partial charge in [0.2, 0.25) is 5.91 Å². The summed E-state index contributed by atoms with van der Waals surface area (Å²) in [7, 11) is 0. The largest absolute Gasteiger partial charge is 0.381 e. The molecule has 1 amide bonds. The Morgan fingerprint density at radius 1 is 1.17 bits per heavy atom. The summed E-state index contributed by atoms with van der Waals surface area (Å²) in [4.78, 5) is 15.0. The Kier molecular flexibility index (Phi) is 3.60. The van der Waals surface area contributed by atoms with Crippen molar-refractivity contribution in [2.45, 2.75) is 61.0 Å². The zero-order valence-electron chi connectivity index (χ0n) is 11.0. The Balaban J connectivity index is 1.71. The molecule has 3 nitrogen and oxygen atoms in total. The summed E-state index contributed by atoms with van der Waals surface area (Å²) in [5.41, 5.74) is 0. The fourth-order valence-corrected chi connectivity index (χ4v) is 4.96. The number of hydrogen-bond acceptors (Lipinski definition) is 2. The van der Waals surface area contributed by atoms with E-state index in [-0.39, 0.29) is 5.92 Å². The summed E-state index contributed by atoms with van der Waals surface area (Å²) in [6, 6.07) is 1.03. The summed E-state index contributed by atoms with van der Waals surface area (Å²) >= 11 is 2.59. The first-order valence-electron chi connectivity index (χ1n) is 7.16. The molecule has 3 saturated heterocycles. The minimum Gasteiger partial charge on any atom is -0.381 e. The fraction of sp³-hybridized carbons (Fsp3) is 0.929. The van der Waals surface area contributed by atoms with E-state index in [0.29, 0.717) is 21.4 Å². The highest BCUT2D eigenvalue weighted by molar-refractivity contribution is 14.1. The number of amides is 1. The van der Waals surface area contributed by atoms with Crippen molar-refractivity contribution in [2.24, 2.45) is 5.92 Å². The van der Waals surface area contributed by atoms with Gasteiger partial charge in [0.1, 0.15) is 0 Å². The molecule has 2 unspecified atom stereocenters. The second-order valence-electron chi connectivity index (χ2n) is 6.34. The Hall–Kier alpha value is 0.160. The first kappa shape index (κ1) is 13.2. The third-order valence-corrected chi connectivity index (χ3v) is 5.65. The number of ether oxygens (including phenoxy) is 1. The zero-order chi connectivity index (χ0) is 12.8. The number of nitrogens with zero attached hydrogens (tertiary/aromatic N) is 1. The van der Waals surface area contributed by atoms with Crippen LogP contribution in [0.2, 0.25) is 0 Å². The van der Waals surface area contributed by atoms with Gasteiger partial charge in [-0.25, -0.2) is 0 Å². The molecule has 3 heterocycles. The molecule has 2 bridgehead atoms. The number of hydrogen-bond donors (Lipinski definition) is 0. The molecule has 3 aliphatic heterocycles. The van der Waals surface area contributed by atoms with Crippen molar-refractivity contribution in [2.75, 3.05) is 13.2 Å². The van der Waals surface area contributed by atoms with Gasteiger partial charge in [-0.15, -0.1) is 0 Å². The molecule has 2 atom stereocenters. The molecule has 0 aromatic rings. The number of carbonyl (C=O) groups excluding carboxylic acids is 1. The van der Waals surface area contributed by atoms with Gasteiger partial charge in [0.05, 0.1) is 0 Å². The van der Waals surface area contributed by atoms with E-state index in [1.807, 2.05) is 0 Å². The molecule has 0 radical (unpaired) electrons. The van der Waals surface area contributed by atoms with Crippen LogP contribution in [0.5, 0.6) is 0 Å². The van der Waals surface area contributed by atoms with Gasteiger partial charge in [0.25, 0.3) is 0 Å². The van der Waals surface area contributed by atoms with Crippen molar-refractivity contribution in [1.29, 1.82) is 0 Å². The predicted octanol–water partition coefficient (Wildman–Crippen LogP) is 2.76. The molecule has 3 fully saturated rings. The number of piperidine rings is 1. The van der Waals surface area contributed by atoms with Crippen LogP contribution in [0.15, 0.2) is 0 Å². The summed E-state index contributed by atoms with van der Waals surface area (Å²) in [5.74, 6) is 0.665. The Morgan fingerprint density at radius 3 is 2.28 bits per heavy atom. The summed E-state index contributed by atoms with van der Waals surface area (Å²) in [6.07, 6.45) is 6.65. The van der Waals surface area contributed by atoms with Crippen LogP contribution in [0.25, 0.3) is 0 Å². The minimum absolute atomic E-state index is 0.236. The normalized spacial score (nSPS) is 41.1. The lowest BCUT2D eigenvalue weighted by atomic mass is 9.89. The van der Waals surface area contributed by atoms with E-state index in [9.17, 15) is 4.79 Å². The van der Waals surface area contributed by atoms with Crippen LogP contribution >= 0.6 is 22.6 Å². The predicted molar refractivity (Wildman–Crippen MR) is 78.9 cm³/mol. The standard InChI is InChI=1S/C14H22INO2/c1-14(15)8-11-2-3-12(9-14)16(11)13(17)10-4-6-18-7-5-10/h10-12H,2-9H2,1H3. The zero-order valence-corrected chi connectivity index (χ0v) is 13.2. The molecular weight excluding hydrogens is 341 g/mol. The van der Waals surface area contributed by atoms with Crippen molar-refractivity contribution in [3.8, 4) is 0 Å². The molecule has 4 heteroatoms. The third-order valence-electron chi connectivity index (χ3n) is 4.77. The van der Waals surface area contributed by atoms with E-state index in [1.165, 1.54) is 25.7 Å². The van der Waals surface area contributed by atoms with Crippen LogP contribution < -0.4 is 0 Å². The maximum absolute atomic E-state index is 12.7. The first-order chi connectivity index (χ1) is 8.57. The highest BCUT2D eigenvalue weighted by Gasteiger charge is 2.48. The first-order valence-corrected chi connectivity index (χ1v) is 8.23. The van der Waals surface area contributed by atoms with E-state index in [4.69, 9.17) is 4.74 Å². The quantitative estimate of drug-likeness (QED) is 0.530. The molecule has 102 valence electrons. The van der Waals surface area contributed by atoms with E-state index in [0.717, 1.165) is 26.1 Å². The van der Waals surface area contributed by atoms with Gasteiger partial charge in [-0.3, -0.25) is 4.79 Å². The third kappa shape index (κ3) is 2.42. The van der Waals surface area contributed by atoms with Crippen LogP contribution in [0.1, 0.15) is 45.4 Å². The number of carbonyl (C=O) groups is 1. The molecular formula is C14H22INO2. The lowest BCUT2D eigenvalue weighted by molar-refractivity contribution is -0.143. The van der Waals surface area contributed by atoms with Crippen molar-refractivity contribution in [3.05, 3.63) is 0 Å². The van der Waals surface area contributed by atoms with E-state index < -0.39 is 0 Å². The smallest absolute Gasteiger partial charge is 0.226 e. The van der Waals surface area contributed by atoms with Crippen LogP contribution in [-0.2, 0) is 9.53 Å². The van der Waals surface area contributed by atoms with Gasteiger partial charge in [0.15, 0.2) is 0 Å². The summed E-state index contributed by atoms with van der Waals surface area (Å²) < 4.78 is 5.77. The lowest BCUT2D eigenvalue weighted by Crippen LogP contribution is -2.52. The average molecular weight is 363 g/mol. The molecule has 0 spiro atoms. The summed E-state index contributed by atoms with van der Waals surface area (Å²) in [6.45, 7) is 3.88. The second-order valence-corrected chi connectivity index (χ2v) is 8.94. The number of fused-ring (bicyclic) bond motifs is 2. The average Bonchev–Trinajstić information content (AvgIpc) is 2.62. The lowest BCUT2D eigenvalue weighted by Gasteiger charge is -2.43. The SMILES string of the molecule is CC1(I)CC2CCC(C1)N2C(=O)C1CCOCC1. The number of alkyl halides is 1. The van der Waals surface area contributed by atoms with Crippen LogP contribution in [0.4, 0.5) is 0 Å². The highest BCUT2D eigenvalue weighted by atomic mass is 127. The Morgan fingerprint density at radius 2 is 1.72 bits per heavy atom. The molecule has 0 aromatic carbocycles. The van der Waals surface area contributed by atoms with Gasteiger partial charge >= 0.3 is 0 Å². The minimum atomic E-state index is 0.236. The van der Waals surface area contributed by atoms with Crippen LogP contribution in [0, 0.1) is 5.92 Å². The maximum atomic E-state index is 12.7. The van der Waals surface area contributed by atoms with Crippen LogP contribution in [-0.4, -0.2) is 39.5 Å². The fourth-order valence-electron chi connectivity index (χ4n) is 3.94. The van der Waals surface area contributed by atoms with E-state index in [1.54, 1.807) is 0 Å². The number of halogens is 1. The van der Waals surface area contributed by atoms with E-state index >= 15 is 0 Å². The van der Waals surface area contributed by atoms with Crippen LogP contribution in [0.3, 0.4) is 0 Å². The molecule has 0 N–H and O–H groups in total. The van der Waals surface area contributed by atoms with Gasteiger partial charge in [-0.1, -0.05) is 29.5 Å². The monoisotopic (exact) mass is 363 g/mol. The Labute approximate surface area is 123 Å². The molecule has 0 aromatic heterocycles. The van der Waals surface area contributed by atoms with E-state index in [2.05, 4.69) is 34.4 Å².